The summed E-state index contributed by atoms with van der Waals surface area (Å²) in [5.41, 5.74) is 0. The Morgan fingerprint density at radius 2 is 1.55 bits per heavy atom. The molecule has 0 aliphatic carbocycles. The predicted molar refractivity (Wildman–Crippen MR) is 58.0 cm³/mol. The average molecular weight is 191 g/mol. The van der Waals surface area contributed by atoms with Crippen molar-refractivity contribution in [1.82, 2.24) is 4.90 Å². The maximum atomic E-state index is 2.17. The molecule has 0 saturated carbocycles. The van der Waals surface area contributed by atoms with Crippen molar-refractivity contribution in [1.29, 1.82) is 0 Å². The second-order valence-corrected chi connectivity index (χ2v) is 4.93. The molecule has 66 valence electrons. The Morgan fingerprint density at radius 3 is 1.64 bits per heavy atom. The summed E-state index contributed by atoms with van der Waals surface area (Å²) in [4.78, 5) is 2.17. The van der Waals surface area contributed by atoms with Crippen molar-refractivity contribution in [3.63, 3.8) is 0 Å². The lowest BCUT2D eigenvalue weighted by Gasteiger charge is -2.12. The summed E-state index contributed by atoms with van der Waals surface area (Å²) < 4.78 is 0. The van der Waals surface area contributed by atoms with Crippen LogP contribution in [0.25, 0.3) is 0 Å². The molecule has 0 saturated heterocycles. The first kappa shape index (κ1) is 11.4. The highest BCUT2D eigenvalue weighted by atomic mass is 32.2. The van der Waals surface area contributed by atoms with Crippen LogP contribution >= 0.6 is 23.5 Å². The zero-order valence-electron chi connectivity index (χ0n) is 7.70. The van der Waals surface area contributed by atoms with Crippen molar-refractivity contribution in [3.05, 3.63) is 10.8 Å². The summed E-state index contributed by atoms with van der Waals surface area (Å²) in [6.07, 6.45) is 0. The molecular formula is C8H17NS2. The van der Waals surface area contributed by atoms with E-state index in [0.717, 1.165) is 0 Å². The molecule has 0 bridgehead atoms. The molecule has 0 aromatic carbocycles. The normalized spacial score (nSPS) is 15.5. The topological polar surface area (TPSA) is 3.24 Å². The fourth-order valence-corrected chi connectivity index (χ4v) is 1.77. The lowest BCUT2D eigenvalue weighted by atomic mass is 10.4. The summed E-state index contributed by atoms with van der Waals surface area (Å²) in [7, 11) is 4.15. The largest absolute Gasteiger partial charge is 0.307 e. The molecule has 0 radical (unpaired) electrons. The van der Waals surface area contributed by atoms with E-state index in [1.807, 2.05) is 23.5 Å². The van der Waals surface area contributed by atoms with E-state index in [1.54, 1.807) is 0 Å². The first-order chi connectivity index (χ1) is 5.14. The average Bonchev–Trinajstić information content (AvgIpc) is 2.41. The number of thioether (sulfide) groups is 2. The van der Waals surface area contributed by atoms with Crippen LogP contribution in [0.2, 0.25) is 0 Å². The third-order valence-corrected chi connectivity index (χ3v) is 3.33. The fraction of sp³-hybridized carbons (Fsp3) is 0.750. The smallest absolute Gasteiger partial charge is 0.0475 e. The van der Waals surface area contributed by atoms with Gasteiger partial charge < -0.3 is 4.90 Å². The van der Waals surface area contributed by atoms with Crippen molar-refractivity contribution in [2.24, 2.45) is 0 Å². The molecule has 0 atom stereocenters. The Kier molecular flexibility index (Phi) is 7.33. The standard InChI is InChI=1S/C5H13N.C3H4S2/c1-5(2)6(3)4;1-2-5-3-4-1/h5H,1-4H3;1-2H,3H2. The molecule has 3 heteroatoms. The van der Waals surface area contributed by atoms with Crippen LogP contribution in [0.4, 0.5) is 0 Å². The van der Waals surface area contributed by atoms with Crippen LogP contribution in [0.5, 0.6) is 0 Å². The molecule has 0 aromatic rings. The quantitative estimate of drug-likeness (QED) is 0.627. The summed E-state index contributed by atoms with van der Waals surface area (Å²) >= 11 is 3.71. The van der Waals surface area contributed by atoms with Crippen LogP contribution in [-0.2, 0) is 0 Å². The molecule has 0 N–H and O–H groups in total. The molecule has 1 heterocycles. The van der Waals surface area contributed by atoms with E-state index in [4.69, 9.17) is 0 Å². The van der Waals surface area contributed by atoms with Crippen LogP contribution in [0, 0.1) is 0 Å². The van der Waals surface area contributed by atoms with Crippen LogP contribution in [0.15, 0.2) is 10.8 Å². The van der Waals surface area contributed by atoms with Gasteiger partial charge >= 0.3 is 0 Å². The highest BCUT2D eigenvalue weighted by Crippen LogP contribution is 2.22. The van der Waals surface area contributed by atoms with Gasteiger partial charge in [-0.1, -0.05) is 0 Å². The molecule has 1 aliphatic rings. The van der Waals surface area contributed by atoms with Crippen molar-refractivity contribution in [3.8, 4) is 0 Å². The van der Waals surface area contributed by atoms with E-state index in [1.165, 1.54) is 5.08 Å². The molecule has 0 spiro atoms. The summed E-state index contributed by atoms with van der Waals surface area (Å²) in [5.74, 6) is 0. The zero-order valence-corrected chi connectivity index (χ0v) is 9.34. The van der Waals surface area contributed by atoms with Crippen molar-refractivity contribution in [2.45, 2.75) is 19.9 Å². The predicted octanol–water partition coefficient (Wildman–Crippen LogP) is 2.85. The van der Waals surface area contributed by atoms with E-state index in [2.05, 4.69) is 43.7 Å². The van der Waals surface area contributed by atoms with Gasteiger partial charge in [0.2, 0.25) is 0 Å². The van der Waals surface area contributed by atoms with E-state index in [-0.39, 0.29) is 0 Å². The molecule has 0 amide bonds. The van der Waals surface area contributed by atoms with Gasteiger partial charge in [0.05, 0.1) is 0 Å². The van der Waals surface area contributed by atoms with Crippen molar-refractivity contribution < 1.29 is 0 Å². The molecule has 1 aliphatic heterocycles. The van der Waals surface area contributed by atoms with Gasteiger partial charge in [0.25, 0.3) is 0 Å². The third kappa shape index (κ3) is 8.30. The van der Waals surface area contributed by atoms with Crippen LogP contribution < -0.4 is 0 Å². The van der Waals surface area contributed by atoms with Gasteiger partial charge in [-0.15, -0.1) is 23.5 Å². The first-order valence-electron chi connectivity index (χ1n) is 3.69. The molecule has 11 heavy (non-hydrogen) atoms. The Bertz CT molecular complexity index is 98.7. The van der Waals surface area contributed by atoms with Gasteiger partial charge in [-0.3, -0.25) is 0 Å². The minimum atomic E-state index is 0.685. The van der Waals surface area contributed by atoms with Gasteiger partial charge in [0.1, 0.15) is 0 Å². The maximum Gasteiger partial charge on any atom is 0.0475 e. The van der Waals surface area contributed by atoms with Crippen molar-refractivity contribution in [2.75, 3.05) is 19.2 Å². The Hall–Kier alpha value is 0.400. The Morgan fingerprint density at radius 1 is 1.18 bits per heavy atom. The second kappa shape index (κ2) is 7.07. The number of hydrogen-bond donors (Lipinski definition) is 0. The summed E-state index contributed by atoms with van der Waals surface area (Å²) in [6, 6.07) is 0.685. The Labute approximate surface area is 78.6 Å². The summed E-state index contributed by atoms with van der Waals surface area (Å²) in [6.45, 7) is 4.33. The number of rotatable bonds is 1. The van der Waals surface area contributed by atoms with Gasteiger partial charge in [-0.25, -0.2) is 0 Å². The third-order valence-electron chi connectivity index (χ3n) is 1.42. The van der Waals surface area contributed by atoms with Crippen LogP contribution in [-0.4, -0.2) is 30.1 Å². The van der Waals surface area contributed by atoms with Crippen LogP contribution in [0.1, 0.15) is 13.8 Å². The maximum absolute atomic E-state index is 2.17. The second-order valence-electron chi connectivity index (χ2n) is 2.78. The fourth-order valence-electron chi connectivity index (χ4n) is 0.196. The molecular weight excluding hydrogens is 174 g/mol. The molecule has 0 unspecified atom stereocenters. The number of nitrogens with zero attached hydrogens (tertiary/aromatic N) is 1. The lowest BCUT2D eigenvalue weighted by Crippen LogP contribution is -2.20. The van der Waals surface area contributed by atoms with Gasteiger partial charge in [0, 0.05) is 11.1 Å². The lowest BCUT2D eigenvalue weighted by molar-refractivity contribution is 0.335. The van der Waals surface area contributed by atoms with Gasteiger partial charge in [0.15, 0.2) is 0 Å². The minimum Gasteiger partial charge on any atom is -0.307 e. The molecule has 0 aromatic heterocycles. The van der Waals surface area contributed by atoms with E-state index >= 15 is 0 Å². The molecule has 1 rings (SSSR count). The monoisotopic (exact) mass is 191 g/mol. The number of hydrogen-bond acceptors (Lipinski definition) is 3. The zero-order chi connectivity index (χ0) is 8.69. The SMILES string of the molecule is C1=CSCS1.CC(C)N(C)C. The van der Waals surface area contributed by atoms with Gasteiger partial charge in [-0.2, -0.15) is 0 Å². The van der Waals surface area contributed by atoms with Crippen LogP contribution in [0.3, 0.4) is 0 Å². The molecule has 1 nitrogen and oxygen atoms in total. The van der Waals surface area contributed by atoms with E-state index in [0.29, 0.717) is 6.04 Å². The Balaban J connectivity index is 0.000000183. The minimum absolute atomic E-state index is 0.685. The van der Waals surface area contributed by atoms with Crippen molar-refractivity contribution >= 4 is 23.5 Å². The highest BCUT2D eigenvalue weighted by molar-refractivity contribution is 8.21. The molecule has 0 fully saturated rings. The summed E-state index contributed by atoms with van der Waals surface area (Å²) in [5, 5.41) is 5.45. The van der Waals surface area contributed by atoms with E-state index in [9.17, 15) is 0 Å². The highest BCUT2D eigenvalue weighted by Gasteiger charge is 1.90. The first-order valence-corrected chi connectivity index (χ1v) is 5.79. The van der Waals surface area contributed by atoms with Gasteiger partial charge in [-0.05, 0) is 38.8 Å². The van der Waals surface area contributed by atoms with E-state index < -0.39 is 0 Å².